The van der Waals surface area contributed by atoms with Gasteiger partial charge in [-0.15, -0.1) is 0 Å². The fourth-order valence-electron chi connectivity index (χ4n) is 2.90. The molecule has 0 bridgehead atoms. The van der Waals surface area contributed by atoms with Gasteiger partial charge in [-0.2, -0.15) is 11.8 Å². The standard InChI is InChI=1S/C16H20O3S/c17-15(18)10-16(6-7-16)12-3-1-4-13(9-12)19-14-5-2-8-20-11-14/h1,3-4,9,14H,2,5-8,10-11H2,(H,17,18). The minimum Gasteiger partial charge on any atom is -0.490 e. The highest BCUT2D eigenvalue weighted by molar-refractivity contribution is 7.99. The highest BCUT2D eigenvalue weighted by atomic mass is 32.2. The average molecular weight is 292 g/mol. The first-order chi connectivity index (χ1) is 9.68. The van der Waals surface area contributed by atoms with Crippen LogP contribution in [0.3, 0.4) is 0 Å². The van der Waals surface area contributed by atoms with Gasteiger partial charge < -0.3 is 9.84 Å². The second-order valence-corrected chi connectivity index (χ2v) is 6.99. The molecule has 1 aliphatic carbocycles. The summed E-state index contributed by atoms with van der Waals surface area (Å²) in [7, 11) is 0. The number of hydrogen-bond acceptors (Lipinski definition) is 3. The Hall–Kier alpha value is -1.16. The summed E-state index contributed by atoms with van der Waals surface area (Å²) in [5, 5.41) is 9.05. The highest BCUT2D eigenvalue weighted by Crippen LogP contribution is 2.51. The van der Waals surface area contributed by atoms with Crippen molar-refractivity contribution in [1.29, 1.82) is 0 Å². The van der Waals surface area contributed by atoms with Gasteiger partial charge in [-0.05, 0) is 49.1 Å². The van der Waals surface area contributed by atoms with Crippen molar-refractivity contribution in [3.63, 3.8) is 0 Å². The van der Waals surface area contributed by atoms with Crippen molar-refractivity contribution in [1.82, 2.24) is 0 Å². The summed E-state index contributed by atoms with van der Waals surface area (Å²) in [6, 6.07) is 8.07. The van der Waals surface area contributed by atoms with Crippen LogP contribution in [0.4, 0.5) is 0 Å². The number of ether oxygens (including phenoxy) is 1. The zero-order valence-electron chi connectivity index (χ0n) is 11.5. The van der Waals surface area contributed by atoms with E-state index in [-0.39, 0.29) is 11.8 Å². The van der Waals surface area contributed by atoms with Gasteiger partial charge in [0.05, 0.1) is 6.42 Å². The number of carbonyl (C=O) groups is 1. The zero-order chi connectivity index (χ0) is 14.0. The lowest BCUT2D eigenvalue weighted by Gasteiger charge is -2.23. The third-order valence-electron chi connectivity index (χ3n) is 4.21. The molecule has 3 rings (SSSR count). The van der Waals surface area contributed by atoms with E-state index in [4.69, 9.17) is 9.84 Å². The molecule has 1 aromatic rings. The van der Waals surface area contributed by atoms with Crippen LogP contribution in [0.2, 0.25) is 0 Å². The smallest absolute Gasteiger partial charge is 0.304 e. The molecule has 0 spiro atoms. The molecule has 1 aromatic carbocycles. The summed E-state index contributed by atoms with van der Waals surface area (Å²) in [6.45, 7) is 0. The first-order valence-electron chi connectivity index (χ1n) is 7.25. The number of thioether (sulfide) groups is 1. The van der Waals surface area contributed by atoms with Gasteiger partial charge in [0.15, 0.2) is 0 Å². The number of carboxylic acids is 1. The Morgan fingerprint density at radius 1 is 1.45 bits per heavy atom. The lowest BCUT2D eigenvalue weighted by Crippen LogP contribution is -2.23. The zero-order valence-corrected chi connectivity index (χ0v) is 12.3. The molecule has 1 saturated carbocycles. The molecule has 1 N–H and O–H groups in total. The van der Waals surface area contributed by atoms with Crippen molar-refractivity contribution in [3.05, 3.63) is 29.8 Å². The van der Waals surface area contributed by atoms with Crippen LogP contribution in [-0.2, 0) is 10.2 Å². The normalized spacial score (nSPS) is 24.1. The molecule has 3 nitrogen and oxygen atoms in total. The summed E-state index contributed by atoms with van der Waals surface area (Å²) in [4.78, 5) is 11.0. The fourth-order valence-corrected chi connectivity index (χ4v) is 3.94. The monoisotopic (exact) mass is 292 g/mol. The van der Waals surface area contributed by atoms with Crippen molar-refractivity contribution in [2.24, 2.45) is 0 Å². The summed E-state index contributed by atoms with van der Waals surface area (Å²) >= 11 is 1.95. The molecule has 0 radical (unpaired) electrons. The van der Waals surface area contributed by atoms with Crippen molar-refractivity contribution in [2.75, 3.05) is 11.5 Å². The number of hydrogen-bond donors (Lipinski definition) is 1. The van der Waals surface area contributed by atoms with Crippen LogP contribution in [-0.4, -0.2) is 28.7 Å². The summed E-state index contributed by atoms with van der Waals surface area (Å²) in [6.07, 6.45) is 4.83. The van der Waals surface area contributed by atoms with Crippen LogP contribution in [0.25, 0.3) is 0 Å². The predicted molar refractivity (Wildman–Crippen MR) is 80.6 cm³/mol. The predicted octanol–water partition coefficient (Wildman–Crippen LogP) is 3.47. The first kappa shape index (κ1) is 13.8. The molecule has 1 saturated heterocycles. The topological polar surface area (TPSA) is 46.5 Å². The van der Waals surface area contributed by atoms with E-state index in [2.05, 4.69) is 6.07 Å². The van der Waals surface area contributed by atoms with Gasteiger partial charge in [-0.1, -0.05) is 12.1 Å². The maximum atomic E-state index is 11.0. The number of rotatable bonds is 5. The van der Waals surface area contributed by atoms with E-state index >= 15 is 0 Å². The summed E-state index contributed by atoms with van der Waals surface area (Å²) < 4.78 is 6.06. The van der Waals surface area contributed by atoms with Gasteiger partial charge in [0, 0.05) is 11.2 Å². The average Bonchev–Trinajstić information content (AvgIpc) is 3.20. The maximum Gasteiger partial charge on any atom is 0.304 e. The van der Waals surface area contributed by atoms with Crippen molar-refractivity contribution in [3.8, 4) is 5.75 Å². The van der Waals surface area contributed by atoms with Gasteiger partial charge in [-0.3, -0.25) is 4.79 Å². The molecule has 2 aliphatic rings. The lowest BCUT2D eigenvalue weighted by molar-refractivity contribution is -0.137. The maximum absolute atomic E-state index is 11.0. The third-order valence-corrected chi connectivity index (χ3v) is 5.40. The Bertz CT molecular complexity index is 490. The Morgan fingerprint density at radius 3 is 2.95 bits per heavy atom. The van der Waals surface area contributed by atoms with Crippen LogP contribution < -0.4 is 4.74 Å². The van der Waals surface area contributed by atoms with Gasteiger partial charge in [0.2, 0.25) is 0 Å². The fraction of sp³-hybridized carbons (Fsp3) is 0.562. The van der Waals surface area contributed by atoms with Crippen LogP contribution in [0.1, 0.15) is 37.7 Å². The molecule has 1 aliphatic heterocycles. The van der Waals surface area contributed by atoms with Gasteiger partial charge >= 0.3 is 5.97 Å². The highest BCUT2D eigenvalue weighted by Gasteiger charge is 2.46. The van der Waals surface area contributed by atoms with E-state index in [1.165, 1.54) is 12.2 Å². The Kier molecular flexibility index (Phi) is 3.92. The van der Waals surface area contributed by atoms with E-state index in [0.29, 0.717) is 6.10 Å². The Balaban J connectivity index is 1.71. The van der Waals surface area contributed by atoms with Crippen LogP contribution in [0, 0.1) is 0 Å². The molecule has 1 unspecified atom stereocenters. The van der Waals surface area contributed by atoms with Crippen molar-refractivity contribution >= 4 is 17.7 Å². The molecule has 1 heterocycles. The van der Waals surface area contributed by atoms with Crippen LogP contribution >= 0.6 is 11.8 Å². The quantitative estimate of drug-likeness (QED) is 0.902. The minimum atomic E-state index is -0.711. The SMILES string of the molecule is O=C(O)CC1(c2cccc(OC3CCCSC3)c2)CC1. The van der Waals surface area contributed by atoms with Gasteiger partial charge in [-0.25, -0.2) is 0 Å². The van der Waals surface area contributed by atoms with Gasteiger partial charge in [0.1, 0.15) is 11.9 Å². The molecular weight excluding hydrogens is 272 g/mol. The molecular formula is C16H20O3S. The summed E-state index contributed by atoms with van der Waals surface area (Å²) in [5.41, 5.74) is 0.993. The van der Waals surface area contributed by atoms with Gasteiger partial charge in [0.25, 0.3) is 0 Å². The molecule has 1 atom stereocenters. The lowest BCUT2D eigenvalue weighted by atomic mass is 9.92. The van der Waals surface area contributed by atoms with Crippen molar-refractivity contribution < 1.29 is 14.6 Å². The number of carboxylic acid groups (broad SMARTS) is 1. The second kappa shape index (κ2) is 5.68. The molecule has 4 heteroatoms. The van der Waals surface area contributed by atoms with E-state index in [1.807, 2.05) is 30.0 Å². The number of benzene rings is 1. The molecule has 2 fully saturated rings. The van der Waals surface area contributed by atoms with Crippen molar-refractivity contribution in [2.45, 2.75) is 43.6 Å². The summed E-state index contributed by atoms with van der Waals surface area (Å²) in [5.74, 6) is 2.48. The van der Waals surface area contributed by atoms with E-state index in [9.17, 15) is 4.79 Å². The van der Waals surface area contributed by atoms with E-state index < -0.39 is 5.97 Å². The molecule has 0 aromatic heterocycles. The molecule has 20 heavy (non-hydrogen) atoms. The minimum absolute atomic E-state index is 0.132. The Labute approximate surface area is 123 Å². The largest absolute Gasteiger partial charge is 0.490 e. The molecule has 108 valence electrons. The number of aliphatic carboxylic acids is 1. The first-order valence-corrected chi connectivity index (χ1v) is 8.40. The Morgan fingerprint density at radius 2 is 2.30 bits per heavy atom. The molecule has 0 amide bonds. The van der Waals surface area contributed by atoms with Crippen LogP contribution in [0.5, 0.6) is 5.75 Å². The van der Waals surface area contributed by atoms with E-state index in [0.717, 1.165) is 36.3 Å². The second-order valence-electron chi connectivity index (χ2n) is 5.84. The van der Waals surface area contributed by atoms with E-state index in [1.54, 1.807) is 0 Å². The van der Waals surface area contributed by atoms with Crippen LogP contribution in [0.15, 0.2) is 24.3 Å². The third kappa shape index (κ3) is 3.11.